The van der Waals surface area contributed by atoms with Crippen LogP contribution >= 0.6 is 0 Å². The van der Waals surface area contributed by atoms with Crippen molar-refractivity contribution in [1.82, 2.24) is 4.90 Å². The maximum Gasteiger partial charge on any atom is 0.229 e. The number of carbonyl (C=O) groups excluding carboxylic acids is 3. The molecule has 1 aliphatic rings. The highest BCUT2D eigenvalue weighted by Gasteiger charge is 2.29. The Balaban J connectivity index is 1.66. The number of Topliss-reactive ketones (excluding diaryl/α,β-unsaturated/α-hetero) is 1. The van der Waals surface area contributed by atoms with Crippen molar-refractivity contribution in [3.63, 3.8) is 0 Å². The van der Waals surface area contributed by atoms with Crippen molar-refractivity contribution in [2.45, 2.75) is 26.2 Å². The fraction of sp³-hybridized carbons (Fsp3) is 0.348. The average Bonchev–Trinajstić information content (AvgIpc) is 2.74. The van der Waals surface area contributed by atoms with Gasteiger partial charge in [-0.3, -0.25) is 14.4 Å². The topological polar surface area (TPSA) is 75.7 Å². The van der Waals surface area contributed by atoms with E-state index in [2.05, 4.69) is 5.32 Å². The van der Waals surface area contributed by atoms with Crippen LogP contribution in [0.2, 0.25) is 0 Å². The molecule has 1 unspecified atom stereocenters. The number of benzene rings is 2. The second-order valence-electron chi connectivity index (χ2n) is 7.29. The summed E-state index contributed by atoms with van der Waals surface area (Å²) in [5.74, 6) is 0.153. The maximum absolute atomic E-state index is 12.9. The number of rotatable bonds is 6. The minimum Gasteiger partial charge on any atom is -0.496 e. The van der Waals surface area contributed by atoms with Crippen LogP contribution in [0.5, 0.6) is 5.75 Å². The fourth-order valence-electron chi connectivity index (χ4n) is 3.59. The Kier molecular flexibility index (Phi) is 6.65. The second-order valence-corrected chi connectivity index (χ2v) is 7.29. The van der Waals surface area contributed by atoms with Crippen molar-refractivity contribution in [2.75, 3.05) is 25.5 Å². The quantitative estimate of drug-likeness (QED) is 0.763. The third-order valence-corrected chi connectivity index (χ3v) is 5.21. The van der Waals surface area contributed by atoms with Crippen LogP contribution in [0.15, 0.2) is 48.5 Å². The third-order valence-electron chi connectivity index (χ3n) is 5.21. The van der Waals surface area contributed by atoms with Gasteiger partial charge in [-0.2, -0.15) is 0 Å². The SMILES string of the molecule is COc1ccc(C(C)=O)cc1CC(=O)N1CCCC(C(=O)Nc2ccccc2)C1. The summed E-state index contributed by atoms with van der Waals surface area (Å²) in [5, 5.41) is 2.92. The van der Waals surface area contributed by atoms with Gasteiger partial charge in [-0.05, 0) is 50.1 Å². The van der Waals surface area contributed by atoms with E-state index in [4.69, 9.17) is 4.74 Å². The molecule has 29 heavy (non-hydrogen) atoms. The Morgan fingerprint density at radius 3 is 2.59 bits per heavy atom. The zero-order chi connectivity index (χ0) is 20.8. The van der Waals surface area contributed by atoms with Crippen LogP contribution in [0.4, 0.5) is 5.69 Å². The first-order chi connectivity index (χ1) is 14.0. The number of para-hydroxylation sites is 1. The maximum atomic E-state index is 12.9. The summed E-state index contributed by atoms with van der Waals surface area (Å²) in [7, 11) is 1.54. The molecule has 0 saturated carbocycles. The average molecular weight is 394 g/mol. The van der Waals surface area contributed by atoms with E-state index in [1.807, 2.05) is 30.3 Å². The standard InChI is InChI=1S/C23H26N2O4/c1-16(26)17-10-11-21(29-2)19(13-17)14-22(27)25-12-6-7-18(15-25)23(28)24-20-8-4-3-5-9-20/h3-5,8-11,13,18H,6-7,12,14-15H2,1-2H3,(H,24,28). The van der Waals surface area contributed by atoms with Gasteiger partial charge >= 0.3 is 0 Å². The highest BCUT2D eigenvalue weighted by molar-refractivity contribution is 5.95. The second kappa shape index (κ2) is 9.37. The Morgan fingerprint density at radius 2 is 1.90 bits per heavy atom. The van der Waals surface area contributed by atoms with Crippen molar-refractivity contribution in [3.8, 4) is 5.75 Å². The van der Waals surface area contributed by atoms with E-state index in [0.717, 1.165) is 18.5 Å². The number of hydrogen-bond acceptors (Lipinski definition) is 4. The molecule has 0 radical (unpaired) electrons. The lowest BCUT2D eigenvalue weighted by Crippen LogP contribution is -2.44. The van der Waals surface area contributed by atoms with Gasteiger partial charge in [0.2, 0.25) is 11.8 Å². The molecule has 2 aromatic rings. The Hall–Kier alpha value is -3.15. The number of anilines is 1. The predicted octanol–water partition coefficient (Wildman–Crippen LogP) is 3.32. The molecule has 0 bridgehead atoms. The van der Waals surface area contributed by atoms with Gasteiger partial charge in [0.15, 0.2) is 5.78 Å². The molecule has 1 atom stereocenters. The van der Waals surface area contributed by atoms with Gasteiger partial charge in [0.25, 0.3) is 0 Å². The fourth-order valence-corrected chi connectivity index (χ4v) is 3.59. The molecule has 6 nitrogen and oxygen atoms in total. The van der Waals surface area contributed by atoms with Crippen molar-refractivity contribution >= 4 is 23.3 Å². The van der Waals surface area contributed by atoms with Gasteiger partial charge in [-0.15, -0.1) is 0 Å². The monoisotopic (exact) mass is 394 g/mol. The lowest BCUT2D eigenvalue weighted by molar-refractivity contribution is -0.134. The molecule has 6 heteroatoms. The normalized spacial score (nSPS) is 16.2. The van der Waals surface area contributed by atoms with Crippen LogP contribution in [-0.4, -0.2) is 42.7 Å². The summed E-state index contributed by atoms with van der Waals surface area (Å²) in [5.41, 5.74) is 1.99. The number of nitrogens with one attached hydrogen (secondary N) is 1. The number of ketones is 1. The van der Waals surface area contributed by atoms with Crippen molar-refractivity contribution in [1.29, 1.82) is 0 Å². The summed E-state index contributed by atoms with van der Waals surface area (Å²) >= 11 is 0. The molecule has 152 valence electrons. The summed E-state index contributed by atoms with van der Waals surface area (Å²) in [6, 6.07) is 14.4. The summed E-state index contributed by atoms with van der Waals surface area (Å²) < 4.78 is 5.35. The molecule has 1 N–H and O–H groups in total. The van der Waals surface area contributed by atoms with Gasteiger partial charge in [0, 0.05) is 29.9 Å². The minimum atomic E-state index is -0.238. The predicted molar refractivity (Wildman–Crippen MR) is 111 cm³/mol. The highest BCUT2D eigenvalue weighted by Crippen LogP contribution is 2.24. The molecule has 0 aliphatic carbocycles. The molecule has 0 aromatic heterocycles. The molecular formula is C23H26N2O4. The van der Waals surface area contributed by atoms with Crippen LogP contribution in [0, 0.1) is 5.92 Å². The number of methoxy groups -OCH3 is 1. The van der Waals surface area contributed by atoms with E-state index in [-0.39, 0.29) is 29.9 Å². The number of piperidine rings is 1. The molecule has 1 saturated heterocycles. The van der Waals surface area contributed by atoms with Gasteiger partial charge in [0.1, 0.15) is 5.75 Å². The smallest absolute Gasteiger partial charge is 0.229 e. The lowest BCUT2D eigenvalue weighted by atomic mass is 9.96. The molecular weight excluding hydrogens is 368 g/mol. The Labute approximate surface area is 170 Å². The van der Waals surface area contributed by atoms with Crippen LogP contribution in [0.25, 0.3) is 0 Å². The number of hydrogen-bond donors (Lipinski definition) is 1. The van der Waals surface area contributed by atoms with Gasteiger partial charge in [0.05, 0.1) is 19.4 Å². The van der Waals surface area contributed by atoms with E-state index >= 15 is 0 Å². The number of ether oxygens (including phenoxy) is 1. The highest BCUT2D eigenvalue weighted by atomic mass is 16.5. The lowest BCUT2D eigenvalue weighted by Gasteiger charge is -2.32. The van der Waals surface area contributed by atoms with E-state index in [9.17, 15) is 14.4 Å². The van der Waals surface area contributed by atoms with Crippen LogP contribution < -0.4 is 10.1 Å². The molecule has 0 spiro atoms. The van der Waals surface area contributed by atoms with Crippen LogP contribution in [0.3, 0.4) is 0 Å². The molecule has 2 aromatic carbocycles. The van der Waals surface area contributed by atoms with E-state index < -0.39 is 0 Å². The molecule has 1 aliphatic heterocycles. The molecule has 1 heterocycles. The summed E-state index contributed by atoms with van der Waals surface area (Å²) in [6.07, 6.45) is 1.67. The van der Waals surface area contributed by atoms with E-state index in [1.54, 1.807) is 30.2 Å². The summed E-state index contributed by atoms with van der Waals surface area (Å²) in [6.45, 7) is 2.52. The zero-order valence-electron chi connectivity index (χ0n) is 16.8. The van der Waals surface area contributed by atoms with Gasteiger partial charge in [-0.1, -0.05) is 18.2 Å². The van der Waals surface area contributed by atoms with Crippen LogP contribution in [-0.2, 0) is 16.0 Å². The van der Waals surface area contributed by atoms with Gasteiger partial charge in [-0.25, -0.2) is 0 Å². The van der Waals surface area contributed by atoms with Crippen molar-refractivity contribution in [3.05, 3.63) is 59.7 Å². The molecule has 2 amide bonds. The summed E-state index contributed by atoms with van der Waals surface area (Å²) in [4.78, 5) is 38.9. The largest absolute Gasteiger partial charge is 0.496 e. The Bertz CT molecular complexity index is 895. The number of nitrogens with zero attached hydrogens (tertiary/aromatic N) is 1. The molecule has 1 fully saturated rings. The van der Waals surface area contributed by atoms with Crippen molar-refractivity contribution in [2.24, 2.45) is 5.92 Å². The first-order valence-corrected chi connectivity index (χ1v) is 9.79. The van der Waals surface area contributed by atoms with Crippen molar-refractivity contribution < 1.29 is 19.1 Å². The first kappa shape index (κ1) is 20.6. The molecule has 3 rings (SSSR count). The van der Waals surface area contributed by atoms with E-state index in [0.29, 0.717) is 30.0 Å². The Morgan fingerprint density at radius 1 is 1.14 bits per heavy atom. The number of amides is 2. The number of likely N-dealkylation sites (tertiary alicyclic amines) is 1. The number of carbonyl (C=O) groups is 3. The first-order valence-electron chi connectivity index (χ1n) is 9.79. The van der Waals surface area contributed by atoms with Crippen LogP contribution in [0.1, 0.15) is 35.7 Å². The zero-order valence-corrected chi connectivity index (χ0v) is 16.8. The van der Waals surface area contributed by atoms with E-state index in [1.165, 1.54) is 6.92 Å². The minimum absolute atomic E-state index is 0.0584. The van der Waals surface area contributed by atoms with Gasteiger partial charge < -0.3 is 15.0 Å². The third kappa shape index (κ3) is 5.22.